The number of nitrogens with one attached hydrogen (secondary N) is 1. The summed E-state index contributed by atoms with van der Waals surface area (Å²) in [7, 11) is -0.830. The van der Waals surface area contributed by atoms with Gasteiger partial charge in [-0.2, -0.15) is 0 Å². The highest BCUT2D eigenvalue weighted by molar-refractivity contribution is 7.84. The molecule has 0 heterocycles. The van der Waals surface area contributed by atoms with Crippen molar-refractivity contribution in [2.24, 2.45) is 5.41 Å². The van der Waals surface area contributed by atoms with Crippen molar-refractivity contribution in [2.45, 2.75) is 19.1 Å². The zero-order valence-electron chi connectivity index (χ0n) is 9.12. The summed E-state index contributed by atoms with van der Waals surface area (Å²) >= 11 is 0. The van der Waals surface area contributed by atoms with Crippen LogP contribution < -0.4 is 5.32 Å². The van der Waals surface area contributed by atoms with Crippen molar-refractivity contribution in [1.82, 2.24) is 5.32 Å². The van der Waals surface area contributed by atoms with E-state index in [9.17, 15) is 4.21 Å². The third-order valence-corrected chi connectivity index (χ3v) is 3.61. The summed E-state index contributed by atoms with van der Waals surface area (Å²) in [6.45, 7) is 4.76. The molecule has 0 spiro atoms. The molecule has 0 aromatic heterocycles. The van der Waals surface area contributed by atoms with Gasteiger partial charge in [-0.1, -0.05) is 6.92 Å². The standard InChI is InChI=1S/C9H21NO3S/c1-8(14(3)13)4-10-5-9(2,6-11)7-12/h8,10-12H,4-7H2,1-3H3. The number of rotatable bonds is 7. The summed E-state index contributed by atoms with van der Waals surface area (Å²) in [5.74, 6) is 0. The van der Waals surface area contributed by atoms with E-state index >= 15 is 0 Å². The molecule has 0 aliphatic rings. The molecule has 0 aromatic rings. The second-order valence-electron chi connectivity index (χ2n) is 4.07. The first-order chi connectivity index (χ1) is 6.45. The van der Waals surface area contributed by atoms with Gasteiger partial charge in [-0.3, -0.25) is 4.21 Å². The van der Waals surface area contributed by atoms with Gasteiger partial charge < -0.3 is 15.5 Å². The van der Waals surface area contributed by atoms with Gasteiger partial charge >= 0.3 is 0 Å². The maximum absolute atomic E-state index is 11.0. The molecule has 0 fully saturated rings. The van der Waals surface area contributed by atoms with Gasteiger partial charge in [0.05, 0.1) is 13.2 Å². The summed E-state index contributed by atoms with van der Waals surface area (Å²) in [6.07, 6.45) is 1.67. The lowest BCUT2D eigenvalue weighted by Gasteiger charge is -2.25. The Morgan fingerprint density at radius 3 is 2.29 bits per heavy atom. The van der Waals surface area contributed by atoms with Crippen LogP contribution >= 0.6 is 0 Å². The third kappa shape index (κ3) is 5.05. The van der Waals surface area contributed by atoms with Crippen LogP contribution in [0.15, 0.2) is 0 Å². The summed E-state index contributed by atoms with van der Waals surface area (Å²) in [6, 6.07) is 0. The molecular weight excluding hydrogens is 202 g/mol. The van der Waals surface area contributed by atoms with E-state index in [0.29, 0.717) is 13.1 Å². The Hall–Kier alpha value is 0.0300. The summed E-state index contributed by atoms with van der Waals surface area (Å²) in [5, 5.41) is 21.2. The smallest absolute Gasteiger partial charge is 0.0518 e. The van der Waals surface area contributed by atoms with E-state index in [1.165, 1.54) is 0 Å². The van der Waals surface area contributed by atoms with E-state index < -0.39 is 16.2 Å². The Bertz CT molecular complexity index is 183. The van der Waals surface area contributed by atoms with Crippen LogP contribution in [-0.2, 0) is 10.8 Å². The van der Waals surface area contributed by atoms with Crippen LogP contribution in [0.3, 0.4) is 0 Å². The number of aliphatic hydroxyl groups is 2. The van der Waals surface area contributed by atoms with Crippen LogP contribution in [0.1, 0.15) is 13.8 Å². The van der Waals surface area contributed by atoms with Gasteiger partial charge in [0.15, 0.2) is 0 Å². The Kier molecular flexibility index (Phi) is 6.52. The first-order valence-electron chi connectivity index (χ1n) is 4.70. The highest BCUT2D eigenvalue weighted by Gasteiger charge is 2.22. The molecule has 5 heteroatoms. The van der Waals surface area contributed by atoms with Gasteiger partial charge in [0.1, 0.15) is 0 Å². The number of aliphatic hydroxyl groups excluding tert-OH is 2. The van der Waals surface area contributed by atoms with E-state index in [-0.39, 0.29) is 18.5 Å². The van der Waals surface area contributed by atoms with Crippen LogP contribution in [-0.4, -0.2) is 52.2 Å². The first kappa shape index (κ1) is 14.0. The first-order valence-corrected chi connectivity index (χ1v) is 6.32. The Labute approximate surface area is 88.2 Å². The zero-order valence-corrected chi connectivity index (χ0v) is 9.93. The van der Waals surface area contributed by atoms with Gasteiger partial charge in [0, 0.05) is 40.8 Å². The predicted octanol–water partition coefficient (Wildman–Crippen LogP) is -0.666. The number of hydrogen-bond acceptors (Lipinski definition) is 4. The maximum Gasteiger partial charge on any atom is 0.0518 e. The molecule has 0 amide bonds. The second-order valence-corrected chi connectivity index (χ2v) is 5.87. The fraction of sp³-hybridized carbons (Fsp3) is 1.00. The minimum atomic E-state index is -0.830. The molecule has 0 bridgehead atoms. The normalized spacial score (nSPS) is 16.6. The largest absolute Gasteiger partial charge is 0.396 e. The maximum atomic E-state index is 11.0. The third-order valence-electron chi connectivity index (χ3n) is 2.31. The molecule has 2 atom stereocenters. The molecule has 0 aliphatic carbocycles. The van der Waals surface area contributed by atoms with Crippen LogP contribution in [0.5, 0.6) is 0 Å². The monoisotopic (exact) mass is 223 g/mol. The average molecular weight is 223 g/mol. The highest BCUT2D eigenvalue weighted by atomic mass is 32.2. The van der Waals surface area contributed by atoms with Crippen molar-refractivity contribution in [1.29, 1.82) is 0 Å². The minimum Gasteiger partial charge on any atom is -0.396 e. The van der Waals surface area contributed by atoms with Crippen molar-refractivity contribution in [3.05, 3.63) is 0 Å². The van der Waals surface area contributed by atoms with Gasteiger partial charge in [0.25, 0.3) is 0 Å². The van der Waals surface area contributed by atoms with Gasteiger partial charge in [0.2, 0.25) is 0 Å². The van der Waals surface area contributed by atoms with Crippen LogP contribution in [0.4, 0.5) is 0 Å². The SMILES string of the molecule is CC(CNCC(C)(CO)CO)S(C)=O. The molecule has 0 saturated carbocycles. The lowest BCUT2D eigenvalue weighted by atomic mass is 9.93. The minimum absolute atomic E-state index is 0.0555. The predicted molar refractivity (Wildman–Crippen MR) is 58.7 cm³/mol. The molecule has 0 rings (SSSR count). The zero-order chi connectivity index (χ0) is 11.2. The van der Waals surface area contributed by atoms with E-state index in [4.69, 9.17) is 10.2 Å². The van der Waals surface area contributed by atoms with E-state index in [0.717, 1.165) is 0 Å². The topological polar surface area (TPSA) is 69.6 Å². The highest BCUT2D eigenvalue weighted by Crippen LogP contribution is 2.11. The average Bonchev–Trinajstić information content (AvgIpc) is 2.17. The van der Waals surface area contributed by atoms with Gasteiger partial charge in [-0.25, -0.2) is 0 Å². The van der Waals surface area contributed by atoms with Crippen molar-refractivity contribution in [3.8, 4) is 0 Å². The Morgan fingerprint density at radius 2 is 1.93 bits per heavy atom. The quantitative estimate of drug-likeness (QED) is 0.535. The van der Waals surface area contributed by atoms with Crippen LogP contribution in [0.25, 0.3) is 0 Å². The molecule has 86 valence electrons. The van der Waals surface area contributed by atoms with E-state index in [2.05, 4.69) is 5.32 Å². The van der Waals surface area contributed by atoms with Crippen molar-refractivity contribution >= 4 is 10.8 Å². The van der Waals surface area contributed by atoms with Gasteiger partial charge in [-0.15, -0.1) is 0 Å². The van der Waals surface area contributed by atoms with E-state index in [1.807, 2.05) is 6.92 Å². The Balaban J connectivity index is 3.77. The molecule has 4 nitrogen and oxygen atoms in total. The molecular formula is C9H21NO3S. The van der Waals surface area contributed by atoms with Crippen LogP contribution in [0.2, 0.25) is 0 Å². The lowest BCUT2D eigenvalue weighted by Crippen LogP contribution is -2.40. The Morgan fingerprint density at radius 1 is 1.43 bits per heavy atom. The van der Waals surface area contributed by atoms with Crippen LogP contribution in [0, 0.1) is 5.41 Å². The fourth-order valence-electron chi connectivity index (χ4n) is 0.856. The van der Waals surface area contributed by atoms with Crippen molar-refractivity contribution < 1.29 is 14.4 Å². The van der Waals surface area contributed by atoms with Crippen molar-refractivity contribution in [2.75, 3.05) is 32.6 Å². The van der Waals surface area contributed by atoms with Crippen molar-refractivity contribution in [3.63, 3.8) is 0 Å². The second kappa shape index (κ2) is 6.50. The molecule has 14 heavy (non-hydrogen) atoms. The lowest BCUT2D eigenvalue weighted by molar-refractivity contribution is 0.0700. The number of hydrogen-bond donors (Lipinski definition) is 3. The molecule has 0 saturated heterocycles. The molecule has 0 radical (unpaired) electrons. The summed E-state index contributed by atoms with van der Waals surface area (Å²) in [4.78, 5) is 0. The molecule has 3 N–H and O–H groups in total. The molecule has 0 aromatic carbocycles. The summed E-state index contributed by atoms with van der Waals surface area (Å²) < 4.78 is 11.0. The van der Waals surface area contributed by atoms with E-state index in [1.54, 1.807) is 13.2 Å². The fourth-order valence-corrected chi connectivity index (χ4v) is 1.21. The molecule has 0 aliphatic heterocycles. The molecule has 2 unspecified atom stereocenters. The van der Waals surface area contributed by atoms with Gasteiger partial charge in [-0.05, 0) is 6.92 Å². The summed E-state index contributed by atoms with van der Waals surface area (Å²) in [5.41, 5.74) is -0.491.